The van der Waals surface area contributed by atoms with Crippen molar-refractivity contribution in [1.82, 2.24) is 14.9 Å². The van der Waals surface area contributed by atoms with Crippen LogP contribution in [0.5, 0.6) is 0 Å². The van der Waals surface area contributed by atoms with Crippen molar-refractivity contribution < 1.29 is 4.74 Å². The summed E-state index contributed by atoms with van der Waals surface area (Å²) in [5, 5.41) is 3.21. The second-order valence-corrected chi connectivity index (χ2v) is 11.6. The van der Waals surface area contributed by atoms with Crippen LogP contribution < -0.4 is 5.32 Å². The molecule has 0 atom stereocenters. The zero-order chi connectivity index (χ0) is 13.4. The Morgan fingerprint density at radius 2 is 2.22 bits per heavy atom. The van der Waals surface area contributed by atoms with E-state index in [9.17, 15) is 0 Å². The summed E-state index contributed by atoms with van der Waals surface area (Å²) in [7, 11) is -0.984. The van der Waals surface area contributed by atoms with Crippen molar-refractivity contribution >= 4 is 19.7 Å². The van der Waals surface area contributed by atoms with E-state index in [1.54, 1.807) is 0 Å². The van der Waals surface area contributed by atoms with Crippen molar-refractivity contribution in [2.75, 3.05) is 19.0 Å². The molecule has 0 unspecified atom stereocenters. The molecule has 104 valence electrons. The van der Waals surface area contributed by atoms with Crippen LogP contribution in [0.3, 0.4) is 0 Å². The zero-order valence-corrected chi connectivity index (χ0v) is 13.3. The first-order valence-electron chi connectivity index (χ1n) is 6.36. The molecule has 0 radical (unpaired) electrons. The smallest absolute Gasteiger partial charge is 0.123 e. The van der Waals surface area contributed by atoms with Crippen LogP contribution >= 0.6 is 11.6 Å². The van der Waals surface area contributed by atoms with Crippen LogP contribution in [-0.2, 0) is 18.0 Å². The molecule has 0 aliphatic rings. The van der Waals surface area contributed by atoms with Crippen LogP contribution in [0.25, 0.3) is 0 Å². The largest absolute Gasteiger partial charge is 0.361 e. The lowest BCUT2D eigenvalue weighted by atomic mass is 10.5. The van der Waals surface area contributed by atoms with Crippen LogP contribution in [0.1, 0.15) is 5.69 Å². The summed E-state index contributed by atoms with van der Waals surface area (Å²) in [5.41, 5.74) is 1.02. The van der Waals surface area contributed by atoms with Gasteiger partial charge in [-0.2, -0.15) is 0 Å². The summed E-state index contributed by atoms with van der Waals surface area (Å²) in [5.74, 6) is 0.626. The summed E-state index contributed by atoms with van der Waals surface area (Å²) in [6.45, 7) is 10.1. The minimum atomic E-state index is -0.984. The molecule has 0 amide bonds. The molecule has 0 aromatic carbocycles. The van der Waals surface area contributed by atoms with Crippen molar-refractivity contribution in [2.24, 2.45) is 0 Å². The third kappa shape index (κ3) is 7.16. The molecular weight excluding hydrogens is 266 g/mol. The number of hydrogen-bond donors (Lipinski definition) is 1. The Morgan fingerprint density at radius 1 is 1.44 bits per heavy atom. The predicted molar refractivity (Wildman–Crippen MR) is 78.8 cm³/mol. The normalized spacial score (nSPS) is 12.0. The second-order valence-electron chi connectivity index (χ2n) is 5.59. The van der Waals surface area contributed by atoms with E-state index in [-0.39, 0.29) is 0 Å². The lowest BCUT2D eigenvalue weighted by molar-refractivity contribution is 0.0871. The van der Waals surface area contributed by atoms with Crippen molar-refractivity contribution in [3.05, 3.63) is 18.2 Å². The van der Waals surface area contributed by atoms with Gasteiger partial charge >= 0.3 is 0 Å². The molecule has 0 aliphatic heterocycles. The number of hydrogen-bond acceptors (Lipinski definition) is 3. The van der Waals surface area contributed by atoms with Crippen molar-refractivity contribution in [1.29, 1.82) is 0 Å². The summed E-state index contributed by atoms with van der Waals surface area (Å²) in [6.07, 6.45) is 3.82. The zero-order valence-electron chi connectivity index (χ0n) is 11.6. The lowest BCUT2D eigenvalue weighted by Gasteiger charge is -2.15. The van der Waals surface area contributed by atoms with E-state index in [1.807, 2.05) is 17.1 Å². The van der Waals surface area contributed by atoms with Crippen molar-refractivity contribution in [3.63, 3.8) is 0 Å². The monoisotopic (exact) mass is 289 g/mol. The SMILES string of the molecule is C[Si](C)(C)CCOCn1cnc(CNCCCl)c1. The molecule has 18 heavy (non-hydrogen) atoms. The number of nitrogens with zero attached hydrogens (tertiary/aromatic N) is 2. The van der Waals surface area contributed by atoms with E-state index in [4.69, 9.17) is 16.3 Å². The van der Waals surface area contributed by atoms with E-state index in [0.717, 1.165) is 25.4 Å². The highest BCUT2D eigenvalue weighted by molar-refractivity contribution is 6.76. The standard InChI is InChI=1S/C12H24ClN3OSi/c1-18(2,3)7-6-17-11-16-9-12(15-10-16)8-14-5-4-13/h9-10,14H,4-8,11H2,1-3H3. The molecule has 1 aromatic rings. The van der Waals surface area contributed by atoms with Crippen LogP contribution in [0.4, 0.5) is 0 Å². The summed E-state index contributed by atoms with van der Waals surface area (Å²) >= 11 is 5.59. The molecule has 1 N–H and O–H groups in total. The van der Waals surface area contributed by atoms with Gasteiger partial charge in [-0.3, -0.25) is 0 Å². The molecular formula is C12H24ClN3OSi. The van der Waals surface area contributed by atoms with E-state index >= 15 is 0 Å². The van der Waals surface area contributed by atoms with Crippen LogP contribution in [0, 0.1) is 0 Å². The molecule has 1 rings (SSSR count). The Kier molecular flexibility index (Phi) is 6.92. The van der Waals surface area contributed by atoms with Gasteiger partial charge < -0.3 is 14.6 Å². The van der Waals surface area contributed by atoms with E-state index in [0.29, 0.717) is 12.6 Å². The van der Waals surface area contributed by atoms with E-state index in [2.05, 4.69) is 29.9 Å². The topological polar surface area (TPSA) is 39.1 Å². The summed E-state index contributed by atoms with van der Waals surface area (Å²) in [4.78, 5) is 4.30. The molecule has 1 aromatic heterocycles. The Balaban J connectivity index is 2.19. The van der Waals surface area contributed by atoms with Gasteiger partial charge in [0.25, 0.3) is 0 Å². The number of rotatable bonds is 9. The molecule has 0 saturated carbocycles. The summed E-state index contributed by atoms with van der Waals surface area (Å²) in [6, 6.07) is 1.20. The van der Waals surface area contributed by atoms with Crippen LogP contribution in [0.15, 0.2) is 12.5 Å². The fourth-order valence-electron chi connectivity index (χ4n) is 1.40. The van der Waals surface area contributed by atoms with Gasteiger partial charge in [0.05, 0.1) is 12.0 Å². The van der Waals surface area contributed by atoms with E-state index in [1.165, 1.54) is 6.04 Å². The Hall–Kier alpha value is -0.363. The van der Waals surface area contributed by atoms with Gasteiger partial charge in [-0.25, -0.2) is 4.98 Å². The number of halogens is 1. The highest BCUT2D eigenvalue weighted by Crippen LogP contribution is 2.07. The quantitative estimate of drug-likeness (QED) is 0.431. The average molecular weight is 290 g/mol. The number of alkyl halides is 1. The Bertz CT molecular complexity index is 338. The van der Waals surface area contributed by atoms with Crippen molar-refractivity contribution in [3.8, 4) is 0 Å². The van der Waals surface area contributed by atoms with Crippen LogP contribution in [-0.4, -0.2) is 36.7 Å². The number of ether oxygens (including phenoxy) is 1. The first-order valence-corrected chi connectivity index (χ1v) is 10.6. The van der Waals surface area contributed by atoms with Gasteiger partial charge in [0.2, 0.25) is 0 Å². The fraction of sp³-hybridized carbons (Fsp3) is 0.750. The van der Waals surface area contributed by atoms with Gasteiger partial charge in [0, 0.05) is 39.8 Å². The maximum absolute atomic E-state index is 5.65. The highest BCUT2D eigenvalue weighted by atomic mass is 35.5. The predicted octanol–water partition coefficient (Wildman–Crippen LogP) is 2.52. The van der Waals surface area contributed by atoms with Gasteiger partial charge in [-0.15, -0.1) is 11.6 Å². The van der Waals surface area contributed by atoms with Gasteiger partial charge in [-0.1, -0.05) is 19.6 Å². The van der Waals surface area contributed by atoms with Gasteiger partial charge in [0.15, 0.2) is 0 Å². The second kappa shape index (κ2) is 7.94. The lowest BCUT2D eigenvalue weighted by Crippen LogP contribution is -2.21. The minimum absolute atomic E-state index is 0.590. The molecule has 0 bridgehead atoms. The first kappa shape index (κ1) is 15.7. The van der Waals surface area contributed by atoms with E-state index < -0.39 is 8.07 Å². The van der Waals surface area contributed by atoms with Crippen LogP contribution in [0.2, 0.25) is 25.7 Å². The molecule has 6 heteroatoms. The molecule has 1 heterocycles. The van der Waals surface area contributed by atoms with Gasteiger partial charge in [0.1, 0.15) is 6.73 Å². The number of imidazole rings is 1. The molecule has 0 fully saturated rings. The molecule has 0 aliphatic carbocycles. The first-order chi connectivity index (χ1) is 8.51. The number of aromatic nitrogens is 2. The van der Waals surface area contributed by atoms with Crippen molar-refractivity contribution in [2.45, 2.75) is 39.0 Å². The molecule has 0 saturated heterocycles. The third-order valence-corrected chi connectivity index (χ3v) is 4.39. The molecule has 4 nitrogen and oxygen atoms in total. The minimum Gasteiger partial charge on any atom is -0.361 e. The highest BCUT2D eigenvalue weighted by Gasteiger charge is 2.11. The summed E-state index contributed by atoms with van der Waals surface area (Å²) < 4.78 is 7.62. The average Bonchev–Trinajstić information content (AvgIpc) is 2.72. The Labute approximate surface area is 116 Å². The van der Waals surface area contributed by atoms with Gasteiger partial charge in [-0.05, 0) is 6.04 Å². The maximum Gasteiger partial charge on any atom is 0.123 e. The Morgan fingerprint density at radius 3 is 2.89 bits per heavy atom. The fourth-order valence-corrected chi connectivity index (χ4v) is 2.29. The third-order valence-electron chi connectivity index (χ3n) is 2.50. The number of nitrogens with one attached hydrogen (secondary N) is 1. The maximum atomic E-state index is 5.65. The molecule has 0 spiro atoms.